The van der Waals surface area contributed by atoms with Crippen LogP contribution < -0.4 is 10.1 Å². The quantitative estimate of drug-likeness (QED) is 0.673. The van der Waals surface area contributed by atoms with Crippen molar-refractivity contribution in [3.63, 3.8) is 0 Å². The number of carbonyl (C=O) groups is 2. The van der Waals surface area contributed by atoms with Gasteiger partial charge in [-0.15, -0.1) is 11.3 Å². The summed E-state index contributed by atoms with van der Waals surface area (Å²) in [4.78, 5) is 27.1. The molecule has 0 saturated heterocycles. The van der Waals surface area contributed by atoms with E-state index in [1.165, 1.54) is 6.08 Å². The molecule has 1 unspecified atom stereocenters. The summed E-state index contributed by atoms with van der Waals surface area (Å²) in [6.45, 7) is 2.19. The first-order valence-corrected chi connectivity index (χ1v) is 9.67. The van der Waals surface area contributed by atoms with Crippen molar-refractivity contribution >= 4 is 45.2 Å². The summed E-state index contributed by atoms with van der Waals surface area (Å²) in [5.41, 5.74) is 0.875. The molecular formula is C19H21BrN2O3S. The fraction of sp³-hybridized carbons (Fsp3) is 0.263. The third-order valence-corrected chi connectivity index (χ3v) is 5.35. The number of hydrogen-bond donors (Lipinski definition) is 1. The van der Waals surface area contributed by atoms with Gasteiger partial charge in [0.05, 0.1) is 13.7 Å². The fourth-order valence-corrected chi connectivity index (χ4v) is 3.79. The molecule has 5 nitrogen and oxygen atoms in total. The van der Waals surface area contributed by atoms with Crippen LogP contribution in [0.15, 0.2) is 46.3 Å². The van der Waals surface area contributed by atoms with Crippen LogP contribution in [0.1, 0.15) is 17.4 Å². The molecule has 0 aliphatic rings. The first-order chi connectivity index (χ1) is 12.4. The Morgan fingerprint density at radius 1 is 1.35 bits per heavy atom. The van der Waals surface area contributed by atoms with Gasteiger partial charge in [0.25, 0.3) is 0 Å². The van der Waals surface area contributed by atoms with Crippen molar-refractivity contribution in [3.05, 3.63) is 56.7 Å². The van der Waals surface area contributed by atoms with Crippen molar-refractivity contribution < 1.29 is 14.3 Å². The number of amides is 2. The van der Waals surface area contributed by atoms with Crippen LogP contribution in [0.3, 0.4) is 0 Å². The molecule has 1 aromatic carbocycles. The molecule has 2 rings (SSSR count). The van der Waals surface area contributed by atoms with Crippen molar-refractivity contribution in [2.24, 2.45) is 0 Å². The standard InChI is InChI=1S/C19H21BrN2O3S/c1-13(19(24)22(2)11-17-10-15(20)12-26-17)21-18(23)9-6-14-4-7-16(25-3)8-5-14/h4-10,12-13H,11H2,1-3H3,(H,21,23). The number of nitrogens with zero attached hydrogens (tertiary/aromatic N) is 1. The van der Waals surface area contributed by atoms with Crippen molar-refractivity contribution in [3.8, 4) is 5.75 Å². The van der Waals surface area contributed by atoms with Gasteiger partial charge in [0.15, 0.2) is 0 Å². The Kier molecular flexibility index (Phi) is 7.41. The second kappa shape index (κ2) is 9.54. The molecule has 0 aliphatic carbocycles. The van der Waals surface area contributed by atoms with Gasteiger partial charge in [-0.2, -0.15) is 0 Å². The maximum Gasteiger partial charge on any atom is 0.244 e. The molecule has 0 bridgehead atoms. The Hall–Kier alpha value is -2.12. The lowest BCUT2D eigenvalue weighted by Gasteiger charge is -2.21. The van der Waals surface area contributed by atoms with Crippen LogP contribution in [0.4, 0.5) is 0 Å². The molecule has 7 heteroatoms. The summed E-state index contributed by atoms with van der Waals surface area (Å²) >= 11 is 4.98. The minimum atomic E-state index is -0.601. The molecule has 1 atom stereocenters. The van der Waals surface area contributed by atoms with Crippen LogP contribution >= 0.6 is 27.3 Å². The largest absolute Gasteiger partial charge is 0.497 e. The van der Waals surface area contributed by atoms with E-state index in [4.69, 9.17) is 4.74 Å². The maximum absolute atomic E-state index is 12.4. The van der Waals surface area contributed by atoms with Gasteiger partial charge < -0.3 is 15.0 Å². The summed E-state index contributed by atoms with van der Waals surface area (Å²) in [7, 11) is 3.33. The molecule has 0 fully saturated rings. The van der Waals surface area contributed by atoms with Crippen molar-refractivity contribution in [2.45, 2.75) is 19.5 Å². The van der Waals surface area contributed by atoms with Crippen molar-refractivity contribution in [2.75, 3.05) is 14.2 Å². The van der Waals surface area contributed by atoms with Crippen molar-refractivity contribution in [1.82, 2.24) is 10.2 Å². The van der Waals surface area contributed by atoms with Crippen LogP contribution in [0, 0.1) is 0 Å². The lowest BCUT2D eigenvalue weighted by molar-refractivity contribution is -0.134. The predicted octanol–water partition coefficient (Wildman–Crippen LogP) is 3.70. The lowest BCUT2D eigenvalue weighted by atomic mass is 10.2. The Morgan fingerprint density at radius 2 is 2.04 bits per heavy atom. The first kappa shape index (κ1) is 20.2. The monoisotopic (exact) mass is 436 g/mol. The average Bonchev–Trinajstić information content (AvgIpc) is 3.04. The smallest absolute Gasteiger partial charge is 0.244 e. The average molecular weight is 437 g/mol. The number of nitrogens with one attached hydrogen (secondary N) is 1. The zero-order chi connectivity index (χ0) is 19.1. The number of halogens is 1. The molecule has 138 valence electrons. The Labute approximate surface area is 165 Å². The molecule has 2 aromatic rings. The number of hydrogen-bond acceptors (Lipinski definition) is 4. The predicted molar refractivity (Wildman–Crippen MR) is 108 cm³/mol. The molecule has 0 saturated carbocycles. The molecular weight excluding hydrogens is 416 g/mol. The summed E-state index contributed by atoms with van der Waals surface area (Å²) in [6, 6.07) is 8.73. The second-order valence-electron chi connectivity index (χ2n) is 5.76. The number of rotatable bonds is 7. The van der Waals surface area contributed by atoms with E-state index < -0.39 is 6.04 Å². The lowest BCUT2D eigenvalue weighted by Crippen LogP contribution is -2.44. The normalized spacial score (nSPS) is 12.0. The summed E-state index contributed by atoms with van der Waals surface area (Å²) in [5, 5.41) is 4.67. The van der Waals surface area contributed by atoms with Crippen LogP contribution in [0.5, 0.6) is 5.75 Å². The van der Waals surface area contributed by atoms with Crippen LogP contribution in [0.25, 0.3) is 6.08 Å². The summed E-state index contributed by atoms with van der Waals surface area (Å²) in [6.07, 6.45) is 3.11. The van der Waals surface area contributed by atoms with Gasteiger partial charge in [0.1, 0.15) is 11.8 Å². The molecule has 0 spiro atoms. The van der Waals surface area contributed by atoms with Gasteiger partial charge in [-0.25, -0.2) is 0 Å². The minimum absolute atomic E-state index is 0.138. The molecule has 0 aliphatic heterocycles. The van der Waals surface area contributed by atoms with Gasteiger partial charge in [-0.3, -0.25) is 9.59 Å². The SMILES string of the molecule is COc1ccc(C=CC(=O)NC(C)C(=O)N(C)Cc2cc(Br)cs2)cc1. The number of carbonyl (C=O) groups excluding carboxylic acids is 2. The molecule has 1 aromatic heterocycles. The van der Waals surface area contributed by atoms with E-state index in [1.54, 1.807) is 43.4 Å². The van der Waals surface area contributed by atoms with Gasteiger partial charge >= 0.3 is 0 Å². The molecule has 1 N–H and O–H groups in total. The van der Waals surface area contributed by atoms with E-state index in [9.17, 15) is 9.59 Å². The Balaban J connectivity index is 1.86. The first-order valence-electron chi connectivity index (χ1n) is 7.99. The Bertz CT molecular complexity index is 786. The van der Waals surface area contributed by atoms with Gasteiger partial charge in [-0.05, 0) is 52.7 Å². The van der Waals surface area contributed by atoms with Crippen LogP contribution in [0.2, 0.25) is 0 Å². The van der Waals surface area contributed by atoms with E-state index >= 15 is 0 Å². The van der Waals surface area contributed by atoms with Gasteiger partial charge in [0.2, 0.25) is 11.8 Å². The highest BCUT2D eigenvalue weighted by atomic mass is 79.9. The van der Waals surface area contributed by atoms with E-state index in [0.29, 0.717) is 6.54 Å². The second-order valence-corrected chi connectivity index (χ2v) is 7.67. The highest BCUT2D eigenvalue weighted by molar-refractivity contribution is 9.10. The zero-order valence-corrected chi connectivity index (χ0v) is 17.3. The molecule has 26 heavy (non-hydrogen) atoms. The van der Waals surface area contributed by atoms with E-state index in [0.717, 1.165) is 20.7 Å². The summed E-state index contributed by atoms with van der Waals surface area (Å²) in [5.74, 6) is 0.307. The zero-order valence-electron chi connectivity index (χ0n) is 14.9. The number of likely N-dealkylation sites (N-methyl/N-ethyl adjacent to an activating group) is 1. The van der Waals surface area contributed by atoms with E-state index in [2.05, 4.69) is 21.2 Å². The molecule has 1 heterocycles. The van der Waals surface area contributed by atoms with E-state index in [1.807, 2.05) is 35.7 Å². The van der Waals surface area contributed by atoms with Crippen molar-refractivity contribution in [1.29, 1.82) is 0 Å². The maximum atomic E-state index is 12.4. The fourth-order valence-electron chi connectivity index (χ4n) is 2.29. The Morgan fingerprint density at radius 3 is 2.62 bits per heavy atom. The van der Waals surface area contributed by atoms with Gasteiger partial charge in [0, 0.05) is 27.9 Å². The molecule has 2 amide bonds. The highest BCUT2D eigenvalue weighted by Gasteiger charge is 2.19. The van der Waals surface area contributed by atoms with Crippen LogP contribution in [-0.4, -0.2) is 36.9 Å². The summed E-state index contributed by atoms with van der Waals surface area (Å²) < 4.78 is 6.10. The number of thiophene rings is 1. The third-order valence-electron chi connectivity index (χ3n) is 3.66. The topological polar surface area (TPSA) is 58.6 Å². The minimum Gasteiger partial charge on any atom is -0.497 e. The van der Waals surface area contributed by atoms with Crippen LogP contribution in [-0.2, 0) is 16.1 Å². The van der Waals surface area contributed by atoms with E-state index in [-0.39, 0.29) is 11.8 Å². The van der Waals surface area contributed by atoms with Gasteiger partial charge in [-0.1, -0.05) is 12.1 Å². The number of ether oxygens (including phenoxy) is 1. The number of methoxy groups -OCH3 is 1. The number of benzene rings is 1. The third kappa shape index (κ3) is 6.00. The molecule has 0 radical (unpaired) electrons. The highest BCUT2D eigenvalue weighted by Crippen LogP contribution is 2.21.